The Hall–Kier alpha value is -2.75. The fraction of sp³-hybridized carbons (Fsp3) is 0.500. The van der Waals surface area contributed by atoms with Crippen molar-refractivity contribution >= 4 is 5.96 Å². The number of rotatable bonds is 9. The molecule has 2 aromatic rings. The lowest BCUT2D eigenvalue weighted by Crippen LogP contribution is -2.39. The first-order chi connectivity index (χ1) is 13.4. The summed E-state index contributed by atoms with van der Waals surface area (Å²) in [4.78, 5) is 4.48. The molecule has 0 spiro atoms. The second-order valence-electron chi connectivity index (χ2n) is 6.15. The van der Waals surface area contributed by atoms with Crippen LogP contribution in [0.1, 0.15) is 22.8 Å². The number of ether oxygens (including phenoxy) is 2. The topological polar surface area (TPSA) is 85.6 Å². The summed E-state index contributed by atoms with van der Waals surface area (Å²) in [7, 11) is 3.48. The van der Waals surface area contributed by atoms with Crippen molar-refractivity contribution in [3.63, 3.8) is 0 Å². The van der Waals surface area contributed by atoms with Gasteiger partial charge in [0.2, 0.25) is 0 Å². The molecule has 0 aliphatic rings. The third-order valence-corrected chi connectivity index (χ3v) is 4.03. The van der Waals surface area contributed by atoms with Gasteiger partial charge in [0.1, 0.15) is 11.6 Å². The molecule has 10 heteroatoms. The molecule has 2 rings (SSSR count). The Kier molecular flexibility index (Phi) is 8.12. The van der Waals surface area contributed by atoms with E-state index < -0.39 is 6.61 Å². The first-order valence-electron chi connectivity index (χ1n) is 8.81. The summed E-state index contributed by atoms with van der Waals surface area (Å²) in [6.07, 6.45) is 0. The molecule has 0 fully saturated rings. The molecule has 154 valence electrons. The van der Waals surface area contributed by atoms with Crippen LogP contribution in [-0.4, -0.2) is 47.6 Å². The van der Waals surface area contributed by atoms with Gasteiger partial charge in [0.05, 0.1) is 19.7 Å². The fourth-order valence-corrected chi connectivity index (χ4v) is 2.42. The molecule has 0 saturated carbocycles. The number of aromatic nitrogens is 3. The van der Waals surface area contributed by atoms with Crippen LogP contribution in [0.5, 0.6) is 5.75 Å². The average Bonchev–Trinajstić information content (AvgIpc) is 2.97. The molecule has 0 radical (unpaired) electrons. The molecule has 0 saturated heterocycles. The Morgan fingerprint density at radius 3 is 2.68 bits per heavy atom. The number of guanidine groups is 1. The molecular formula is C18H26F2N6O2. The molecule has 0 aliphatic heterocycles. The van der Waals surface area contributed by atoms with Crippen LogP contribution in [0, 0.1) is 13.8 Å². The van der Waals surface area contributed by atoms with E-state index in [4.69, 9.17) is 4.74 Å². The van der Waals surface area contributed by atoms with Gasteiger partial charge in [-0.15, -0.1) is 10.2 Å². The minimum atomic E-state index is -2.89. The number of hydrogen-bond donors (Lipinski definition) is 2. The number of hydrogen-bond acceptors (Lipinski definition) is 5. The van der Waals surface area contributed by atoms with Gasteiger partial charge in [0.15, 0.2) is 11.8 Å². The molecule has 1 aromatic carbocycles. The van der Waals surface area contributed by atoms with E-state index >= 15 is 0 Å². The molecule has 2 N–H and O–H groups in total. The molecule has 0 unspecified atom stereocenters. The first kappa shape index (κ1) is 21.5. The lowest BCUT2D eigenvalue weighted by atomic mass is 10.1. The van der Waals surface area contributed by atoms with E-state index in [9.17, 15) is 8.78 Å². The van der Waals surface area contributed by atoms with Crippen LogP contribution in [0.25, 0.3) is 0 Å². The molecule has 0 aliphatic carbocycles. The zero-order valence-corrected chi connectivity index (χ0v) is 16.5. The van der Waals surface area contributed by atoms with Crippen LogP contribution < -0.4 is 15.4 Å². The van der Waals surface area contributed by atoms with E-state index in [1.165, 1.54) is 6.07 Å². The fourth-order valence-electron chi connectivity index (χ4n) is 2.42. The van der Waals surface area contributed by atoms with Gasteiger partial charge in [-0.3, -0.25) is 0 Å². The van der Waals surface area contributed by atoms with Gasteiger partial charge < -0.3 is 24.7 Å². The Morgan fingerprint density at radius 2 is 2.04 bits per heavy atom. The minimum Gasteiger partial charge on any atom is -0.434 e. The van der Waals surface area contributed by atoms with Crippen molar-refractivity contribution in [1.82, 2.24) is 25.4 Å². The summed E-state index contributed by atoms with van der Waals surface area (Å²) >= 11 is 0. The zero-order chi connectivity index (χ0) is 20.5. The van der Waals surface area contributed by atoms with Crippen LogP contribution in [0.15, 0.2) is 23.2 Å². The third kappa shape index (κ3) is 6.45. The highest BCUT2D eigenvalue weighted by Crippen LogP contribution is 2.22. The van der Waals surface area contributed by atoms with E-state index in [0.29, 0.717) is 31.2 Å². The summed E-state index contributed by atoms with van der Waals surface area (Å²) in [5.74, 6) is 2.17. The standard InChI is InChI=1S/C18H26F2N6O2/c1-12-5-6-15(28-17(19)20)14(9-12)10-22-18(21-7-8-27-4)23-11-16-25-24-13(2)26(16)3/h5-6,9,17H,7-8,10-11H2,1-4H3,(H2,21,22,23). The van der Waals surface area contributed by atoms with Gasteiger partial charge in [-0.25, -0.2) is 4.99 Å². The van der Waals surface area contributed by atoms with E-state index in [-0.39, 0.29) is 12.3 Å². The minimum absolute atomic E-state index is 0.115. The average molecular weight is 396 g/mol. The van der Waals surface area contributed by atoms with Crippen LogP contribution in [0.3, 0.4) is 0 Å². The molecular weight excluding hydrogens is 370 g/mol. The smallest absolute Gasteiger partial charge is 0.387 e. The number of alkyl halides is 2. The van der Waals surface area contributed by atoms with Gasteiger partial charge in [-0.1, -0.05) is 17.7 Å². The van der Waals surface area contributed by atoms with E-state index in [1.54, 1.807) is 19.2 Å². The summed E-state index contributed by atoms with van der Waals surface area (Å²) in [6.45, 7) is 2.47. The number of nitrogens with zero attached hydrogens (tertiary/aromatic N) is 4. The molecule has 8 nitrogen and oxygen atoms in total. The van der Waals surface area contributed by atoms with Gasteiger partial charge in [0.25, 0.3) is 0 Å². The van der Waals surface area contributed by atoms with Gasteiger partial charge in [-0.2, -0.15) is 8.78 Å². The van der Waals surface area contributed by atoms with Crippen molar-refractivity contribution < 1.29 is 18.3 Å². The number of methoxy groups -OCH3 is 1. The summed E-state index contributed by atoms with van der Waals surface area (Å²) in [5.41, 5.74) is 1.51. The van der Waals surface area contributed by atoms with Gasteiger partial charge >= 0.3 is 6.61 Å². The Morgan fingerprint density at radius 1 is 1.25 bits per heavy atom. The van der Waals surface area contributed by atoms with Crippen molar-refractivity contribution in [2.45, 2.75) is 33.5 Å². The van der Waals surface area contributed by atoms with Crippen molar-refractivity contribution in [2.24, 2.45) is 12.0 Å². The molecule has 1 heterocycles. The van der Waals surface area contributed by atoms with Gasteiger partial charge in [0, 0.05) is 26.3 Å². The number of halogens is 2. The first-order valence-corrected chi connectivity index (χ1v) is 8.81. The molecule has 0 amide bonds. The van der Waals surface area contributed by atoms with E-state index in [0.717, 1.165) is 17.2 Å². The van der Waals surface area contributed by atoms with Gasteiger partial charge in [-0.05, 0) is 19.9 Å². The highest BCUT2D eigenvalue weighted by atomic mass is 19.3. The zero-order valence-electron chi connectivity index (χ0n) is 16.5. The van der Waals surface area contributed by atoms with Crippen molar-refractivity contribution in [3.05, 3.63) is 41.0 Å². The molecule has 1 aromatic heterocycles. The van der Waals surface area contributed by atoms with Crippen LogP contribution in [0.4, 0.5) is 8.78 Å². The molecule has 0 atom stereocenters. The monoisotopic (exact) mass is 396 g/mol. The second-order valence-corrected chi connectivity index (χ2v) is 6.15. The number of aryl methyl sites for hydroxylation is 2. The summed E-state index contributed by atoms with van der Waals surface area (Å²) in [5, 5.41) is 14.4. The lowest BCUT2D eigenvalue weighted by Gasteiger charge is -2.14. The van der Waals surface area contributed by atoms with Crippen molar-refractivity contribution in [3.8, 4) is 5.75 Å². The summed E-state index contributed by atoms with van der Waals surface area (Å²) < 4.78 is 36.8. The third-order valence-electron chi connectivity index (χ3n) is 4.03. The second kappa shape index (κ2) is 10.5. The van der Waals surface area contributed by atoms with Crippen molar-refractivity contribution in [2.75, 3.05) is 20.3 Å². The van der Waals surface area contributed by atoms with Crippen LogP contribution in [-0.2, 0) is 24.9 Å². The predicted molar refractivity (Wildman–Crippen MR) is 101 cm³/mol. The highest BCUT2D eigenvalue weighted by Gasteiger charge is 2.11. The molecule has 28 heavy (non-hydrogen) atoms. The lowest BCUT2D eigenvalue weighted by molar-refractivity contribution is -0.0504. The highest BCUT2D eigenvalue weighted by molar-refractivity contribution is 5.79. The molecule has 0 bridgehead atoms. The maximum absolute atomic E-state index is 12.6. The largest absolute Gasteiger partial charge is 0.434 e. The Labute approximate surface area is 163 Å². The predicted octanol–water partition coefficient (Wildman–Crippen LogP) is 1.92. The maximum Gasteiger partial charge on any atom is 0.387 e. The number of aliphatic imine (C=N–C) groups is 1. The maximum atomic E-state index is 12.6. The normalized spacial score (nSPS) is 11.8. The number of nitrogens with one attached hydrogen (secondary N) is 2. The van der Waals surface area contributed by atoms with Crippen molar-refractivity contribution in [1.29, 1.82) is 0 Å². The van der Waals surface area contributed by atoms with E-state index in [1.807, 2.05) is 25.5 Å². The SMILES string of the molecule is COCCNC(=NCc1cc(C)ccc1OC(F)F)NCc1nnc(C)n1C. The Bertz CT molecular complexity index is 794. The number of benzene rings is 1. The van der Waals surface area contributed by atoms with Crippen LogP contribution >= 0.6 is 0 Å². The van der Waals surface area contributed by atoms with E-state index in [2.05, 4.69) is 30.6 Å². The summed E-state index contributed by atoms with van der Waals surface area (Å²) in [6, 6.07) is 5.03. The Balaban J connectivity index is 2.12. The van der Waals surface area contributed by atoms with Crippen LogP contribution in [0.2, 0.25) is 0 Å². The quantitative estimate of drug-likeness (QED) is 0.383.